The zero-order chi connectivity index (χ0) is 15.6. The Morgan fingerprint density at radius 1 is 1.19 bits per heavy atom. The number of alkyl halides is 3. The molecule has 21 heavy (non-hydrogen) atoms. The summed E-state index contributed by atoms with van der Waals surface area (Å²) in [6.45, 7) is 5.73. The maximum absolute atomic E-state index is 12.9. The van der Waals surface area contributed by atoms with E-state index >= 15 is 0 Å². The Bertz CT molecular complexity index is 634. The van der Waals surface area contributed by atoms with Gasteiger partial charge in [-0.3, -0.25) is 0 Å². The van der Waals surface area contributed by atoms with Gasteiger partial charge in [0, 0.05) is 12.6 Å². The highest BCUT2D eigenvalue weighted by Crippen LogP contribution is 2.28. The van der Waals surface area contributed by atoms with Crippen LogP contribution in [0.25, 0.3) is 5.82 Å². The van der Waals surface area contributed by atoms with Gasteiger partial charge < -0.3 is 5.32 Å². The van der Waals surface area contributed by atoms with Gasteiger partial charge in [0.2, 0.25) is 5.82 Å². The summed E-state index contributed by atoms with van der Waals surface area (Å²) in [5, 5.41) is 6.88. The molecule has 0 fully saturated rings. The van der Waals surface area contributed by atoms with Gasteiger partial charge in [-0.15, -0.1) is 5.10 Å². The molecule has 0 atom stereocenters. The number of hydrogen-bond acceptors (Lipinski definition) is 5. The predicted molar refractivity (Wildman–Crippen MR) is 70.2 cm³/mol. The minimum atomic E-state index is -4.62. The van der Waals surface area contributed by atoms with Crippen LogP contribution in [0.5, 0.6) is 0 Å². The van der Waals surface area contributed by atoms with E-state index in [-0.39, 0.29) is 11.6 Å². The summed E-state index contributed by atoms with van der Waals surface area (Å²) in [4.78, 5) is 11.1. The van der Waals surface area contributed by atoms with Crippen LogP contribution in [-0.4, -0.2) is 31.3 Å². The summed E-state index contributed by atoms with van der Waals surface area (Å²) in [5.41, 5.74) is 0. The van der Waals surface area contributed by atoms with Gasteiger partial charge in [0.25, 0.3) is 0 Å². The first-order valence-electron chi connectivity index (χ1n) is 6.42. The fourth-order valence-electron chi connectivity index (χ4n) is 1.75. The first-order chi connectivity index (χ1) is 9.81. The van der Waals surface area contributed by atoms with Crippen molar-refractivity contribution in [2.75, 3.05) is 11.9 Å². The summed E-state index contributed by atoms with van der Waals surface area (Å²) in [7, 11) is 0. The van der Waals surface area contributed by atoms with Crippen molar-refractivity contribution >= 4 is 5.82 Å². The molecule has 0 aliphatic heterocycles. The lowest BCUT2D eigenvalue weighted by Crippen LogP contribution is -2.16. The number of hydrogen-bond donors (Lipinski definition) is 1. The summed E-state index contributed by atoms with van der Waals surface area (Å²) < 4.78 is 39.9. The second-order valence-electron chi connectivity index (χ2n) is 4.48. The van der Waals surface area contributed by atoms with Crippen LogP contribution in [0, 0.1) is 13.8 Å². The Morgan fingerprint density at radius 3 is 2.43 bits per heavy atom. The Kier molecular flexibility index (Phi) is 4.10. The monoisotopic (exact) mass is 300 g/mol. The molecule has 2 rings (SSSR count). The Morgan fingerprint density at radius 2 is 1.90 bits per heavy atom. The third kappa shape index (κ3) is 3.47. The lowest BCUT2D eigenvalue weighted by molar-refractivity contribution is -0.144. The van der Waals surface area contributed by atoms with Gasteiger partial charge in [-0.25, -0.2) is 15.0 Å². The highest BCUT2D eigenvalue weighted by Gasteiger charge is 2.35. The third-order valence-electron chi connectivity index (χ3n) is 2.61. The summed E-state index contributed by atoms with van der Waals surface area (Å²) in [5.74, 6) is -0.134. The van der Waals surface area contributed by atoms with E-state index in [1.54, 1.807) is 13.8 Å². The van der Waals surface area contributed by atoms with Crippen LogP contribution in [-0.2, 0) is 6.18 Å². The van der Waals surface area contributed by atoms with E-state index in [2.05, 4.69) is 25.4 Å². The Hall–Kier alpha value is -2.19. The highest BCUT2D eigenvalue weighted by molar-refractivity contribution is 5.42. The van der Waals surface area contributed by atoms with Crippen molar-refractivity contribution in [1.29, 1.82) is 0 Å². The number of aryl methyl sites for hydroxylation is 2. The quantitative estimate of drug-likeness (QED) is 0.939. The maximum Gasteiger partial charge on any atom is 0.451 e. The zero-order valence-electron chi connectivity index (χ0n) is 11.9. The molecule has 1 N–H and O–H groups in total. The van der Waals surface area contributed by atoms with Gasteiger partial charge in [0.05, 0.1) is 0 Å². The molecule has 2 aromatic heterocycles. The van der Waals surface area contributed by atoms with E-state index in [0.29, 0.717) is 18.2 Å². The fraction of sp³-hybridized carbons (Fsp3) is 0.500. The molecule has 0 saturated heterocycles. The number of rotatable bonds is 4. The molecule has 0 bridgehead atoms. The van der Waals surface area contributed by atoms with E-state index in [1.807, 2.05) is 6.92 Å². The van der Waals surface area contributed by atoms with Gasteiger partial charge in [-0.05, 0) is 20.3 Å². The predicted octanol–water partition coefficient (Wildman–Crippen LogP) is 2.51. The molecule has 9 heteroatoms. The van der Waals surface area contributed by atoms with E-state index in [0.717, 1.165) is 6.42 Å². The van der Waals surface area contributed by atoms with Crippen LogP contribution in [0.1, 0.15) is 30.8 Å². The van der Waals surface area contributed by atoms with Gasteiger partial charge in [0.15, 0.2) is 5.82 Å². The van der Waals surface area contributed by atoms with Crippen LogP contribution in [0.2, 0.25) is 0 Å². The third-order valence-corrected chi connectivity index (χ3v) is 2.61. The molecule has 0 spiro atoms. The molecule has 0 amide bonds. The average molecular weight is 300 g/mol. The number of anilines is 1. The van der Waals surface area contributed by atoms with E-state index in [1.165, 1.54) is 10.7 Å². The number of halogens is 3. The minimum Gasteiger partial charge on any atom is -0.370 e. The molecule has 2 aromatic rings. The minimum absolute atomic E-state index is 0.0361. The van der Waals surface area contributed by atoms with Crippen molar-refractivity contribution < 1.29 is 13.2 Å². The van der Waals surface area contributed by atoms with Gasteiger partial charge >= 0.3 is 6.18 Å². The van der Waals surface area contributed by atoms with Crippen molar-refractivity contribution in [2.45, 2.75) is 33.4 Å². The van der Waals surface area contributed by atoms with Gasteiger partial charge in [0.1, 0.15) is 17.5 Å². The highest BCUT2D eigenvalue weighted by atomic mass is 19.4. The molecule has 6 nitrogen and oxygen atoms in total. The van der Waals surface area contributed by atoms with E-state index in [4.69, 9.17) is 0 Å². The molecule has 0 aromatic carbocycles. The lowest BCUT2D eigenvalue weighted by atomic mass is 10.4. The molecule has 0 unspecified atom stereocenters. The normalized spacial score (nSPS) is 11.7. The Labute approximate surface area is 119 Å². The number of aromatic nitrogens is 5. The first-order valence-corrected chi connectivity index (χ1v) is 6.42. The summed E-state index contributed by atoms with van der Waals surface area (Å²) in [6, 6.07) is 1.42. The van der Waals surface area contributed by atoms with Crippen molar-refractivity contribution in [2.24, 2.45) is 0 Å². The first kappa shape index (κ1) is 15.2. The second kappa shape index (κ2) is 5.66. The lowest BCUT2D eigenvalue weighted by Gasteiger charge is -2.11. The van der Waals surface area contributed by atoms with Crippen LogP contribution in [0.15, 0.2) is 6.07 Å². The SMILES string of the molecule is CCCNc1cc(-n2nc(C)nc2C)nc(C(F)(F)F)n1. The average Bonchev–Trinajstić information content (AvgIpc) is 2.74. The molecule has 0 aliphatic carbocycles. The fourth-order valence-corrected chi connectivity index (χ4v) is 1.75. The topological polar surface area (TPSA) is 68.5 Å². The summed E-state index contributed by atoms with van der Waals surface area (Å²) in [6.07, 6.45) is -3.86. The molecule has 0 radical (unpaired) electrons. The number of nitrogens with zero attached hydrogens (tertiary/aromatic N) is 5. The van der Waals surface area contributed by atoms with Crippen molar-refractivity contribution in [3.63, 3.8) is 0 Å². The van der Waals surface area contributed by atoms with Crippen molar-refractivity contribution in [1.82, 2.24) is 24.7 Å². The summed E-state index contributed by atoms with van der Waals surface area (Å²) >= 11 is 0. The Balaban J connectivity index is 2.51. The molecular formula is C12H15F3N6. The molecule has 0 saturated carbocycles. The van der Waals surface area contributed by atoms with Crippen LogP contribution in [0.4, 0.5) is 19.0 Å². The van der Waals surface area contributed by atoms with Gasteiger partial charge in [-0.2, -0.15) is 17.9 Å². The molecule has 2 heterocycles. The van der Waals surface area contributed by atoms with Crippen molar-refractivity contribution in [3.05, 3.63) is 23.5 Å². The molecule has 114 valence electrons. The standard InChI is InChI=1S/C12H15F3N6/c1-4-5-16-9-6-10(19-11(18-9)12(13,14)15)21-8(3)17-7(2)20-21/h6H,4-5H2,1-3H3,(H,16,18,19). The van der Waals surface area contributed by atoms with Gasteiger partial charge in [-0.1, -0.05) is 6.92 Å². The number of nitrogens with one attached hydrogen (secondary N) is 1. The largest absolute Gasteiger partial charge is 0.451 e. The second-order valence-corrected chi connectivity index (χ2v) is 4.48. The van der Waals surface area contributed by atoms with Crippen LogP contribution < -0.4 is 5.32 Å². The van der Waals surface area contributed by atoms with Crippen molar-refractivity contribution in [3.8, 4) is 5.82 Å². The smallest absolute Gasteiger partial charge is 0.370 e. The maximum atomic E-state index is 12.9. The van der Waals surface area contributed by atoms with Crippen LogP contribution >= 0.6 is 0 Å². The molecule has 0 aliphatic rings. The van der Waals surface area contributed by atoms with E-state index in [9.17, 15) is 13.2 Å². The van der Waals surface area contributed by atoms with E-state index < -0.39 is 12.0 Å². The zero-order valence-corrected chi connectivity index (χ0v) is 11.9. The molecular weight excluding hydrogens is 285 g/mol. The van der Waals surface area contributed by atoms with Crippen LogP contribution in [0.3, 0.4) is 0 Å².